The van der Waals surface area contributed by atoms with E-state index in [1.807, 2.05) is 0 Å². The fourth-order valence-electron chi connectivity index (χ4n) is 10.5. The van der Waals surface area contributed by atoms with Gasteiger partial charge in [-0.1, -0.05) is 190 Å². The highest BCUT2D eigenvalue weighted by Crippen LogP contribution is 2.54. The van der Waals surface area contributed by atoms with Crippen LogP contribution in [0.3, 0.4) is 0 Å². The summed E-state index contributed by atoms with van der Waals surface area (Å²) in [6, 6.07) is 84.6. The van der Waals surface area contributed by atoms with Crippen molar-refractivity contribution in [3.63, 3.8) is 0 Å². The van der Waals surface area contributed by atoms with Gasteiger partial charge in [-0.15, -0.1) is 0 Å². The van der Waals surface area contributed by atoms with Crippen LogP contribution >= 0.6 is 0 Å². The second-order valence-corrected chi connectivity index (χ2v) is 17.3. The van der Waals surface area contributed by atoms with Gasteiger partial charge in [0.15, 0.2) is 0 Å². The van der Waals surface area contributed by atoms with E-state index in [4.69, 9.17) is 0 Å². The lowest BCUT2D eigenvalue weighted by atomic mass is 9.82. The van der Waals surface area contributed by atoms with Gasteiger partial charge in [-0.3, -0.25) is 0 Å². The number of aromatic nitrogens is 1. The highest BCUT2D eigenvalue weighted by atomic mass is 15.1. The molecule has 0 saturated carbocycles. The highest BCUT2D eigenvalue weighted by molar-refractivity contribution is 6.16. The molecule has 0 bridgehead atoms. The molecule has 10 aromatic carbocycles. The van der Waals surface area contributed by atoms with Crippen molar-refractivity contribution in [3.05, 3.63) is 242 Å². The lowest BCUT2D eigenvalue weighted by Gasteiger charge is -2.29. The molecular formula is C61H44N2. The van der Waals surface area contributed by atoms with Gasteiger partial charge in [0.05, 0.1) is 16.7 Å². The van der Waals surface area contributed by atoms with Crippen molar-refractivity contribution in [3.8, 4) is 50.2 Å². The van der Waals surface area contributed by atoms with E-state index >= 15 is 0 Å². The van der Waals surface area contributed by atoms with Crippen molar-refractivity contribution in [2.45, 2.75) is 19.3 Å². The van der Waals surface area contributed by atoms with Crippen LogP contribution in [-0.2, 0) is 5.41 Å². The van der Waals surface area contributed by atoms with Crippen LogP contribution in [0.1, 0.15) is 25.0 Å². The zero-order chi connectivity index (χ0) is 42.1. The van der Waals surface area contributed by atoms with Crippen molar-refractivity contribution in [2.75, 3.05) is 4.90 Å². The van der Waals surface area contributed by atoms with Gasteiger partial charge in [0, 0.05) is 38.8 Å². The minimum atomic E-state index is -0.104. The Morgan fingerprint density at radius 2 is 0.984 bits per heavy atom. The lowest BCUT2D eigenvalue weighted by molar-refractivity contribution is 0.660. The Morgan fingerprint density at radius 3 is 1.86 bits per heavy atom. The maximum absolute atomic E-state index is 2.46. The smallest absolute Gasteiger partial charge is 0.0547 e. The van der Waals surface area contributed by atoms with Gasteiger partial charge in [-0.05, 0) is 115 Å². The van der Waals surface area contributed by atoms with Gasteiger partial charge in [0.2, 0.25) is 0 Å². The molecule has 0 radical (unpaired) electrons. The molecule has 2 nitrogen and oxygen atoms in total. The van der Waals surface area contributed by atoms with E-state index in [1.165, 1.54) is 88.2 Å². The number of benzene rings is 10. The van der Waals surface area contributed by atoms with Crippen molar-refractivity contribution >= 4 is 49.6 Å². The SMILES string of the molecule is CC1(C)c2ccccc2-c2c(-c3ccccc3N(c3ccc(-c4cccc5ccccc45)cc3)c3cccc(-c4cccc5c4c4ccccc4n5-c4ccccc4)c3)cccc21. The number of rotatable bonds is 7. The Labute approximate surface area is 368 Å². The van der Waals surface area contributed by atoms with Crippen molar-refractivity contribution in [2.24, 2.45) is 0 Å². The molecule has 1 aromatic heterocycles. The summed E-state index contributed by atoms with van der Waals surface area (Å²) in [6.45, 7) is 4.72. The maximum atomic E-state index is 2.46. The molecule has 298 valence electrons. The molecule has 0 amide bonds. The van der Waals surface area contributed by atoms with E-state index in [0.29, 0.717) is 0 Å². The molecule has 12 rings (SSSR count). The summed E-state index contributed by atoms with van der Waals surface area (Å²) >= 11 is 0. The first-order valence-corrected chi connectivity index (χ1v) is 21.9. The third kappa shape index (κ3) is 5.86. The van der Waals surface area contributed by atoms with Crippen molar-refractivity contribution < 1.29 is 0 Å². The fraction of sp³-hybridized carbons (Fsp3) is 0.0492. The molecule has 0 unspecified atom stereocenters. The molecule has 0 saturated heterocycles. The Bertz CT molecular complexity index is 3530. The largest absolute Gasteiger partial charge is 0.310 e. The molecular weight excluding hydrogens is 761 g/mol. The topological polar surface area (TPSA) is 8.17 Å². The molecule has 1 aliphatic rings. The quantitative estimate of drug-likeness (QED) is 0.156. The van der Waals surface area contributed by atoms with Crippen LogP contribution in [-0.4, -0.2) is 4.57 Å². The van der Waals surface area contributed by atoms with Crippen LogP contribution in [0, 0.1) is 0 Å². The second kappa shape index (κ2) is 14.6. The molecule has 0 atom stereocenters. The van der Waals surface area contributed by atoms with Gasteiger partial charge < -0.3 is 9.47 Å². The minimum absolute atomic E-state index is 0.104. The Kier molecular flexibility index (Phi) is 8.55. The Morgan fingerprint density at radius 1 is 0.381 bits per heavy atom. The summed E-state index contributed by atoms with van der Waals surface area (Å²) in [7, 11) is 0. The van der Waals surface area contributed by atoms with E-state index in [0.717, 1.165) is 22.7 Å². The zero-order valence-electron chi connectivity index (χ0n) is 35.3. The van der Waals surface area contributed by atoms with Gasteiger partial charge in [-0.25, -0.2) is 0 Å². The summed E-state index contributed by atoms with van der Waals surface area (Å²) in [5.41, 5.74) is 19.4. The number of fused-ring (bicyclic) bond motifs is 7. The summed E-state index contributed by atoms with van der Waals surface area (Å²) in [5, 5.41) is 4.99. The Balaban J connectivity index is 1.07. The average molecular weight is 805 g/mol. The monoisotopic (exact) mass is 804 g/mol. The number of nitrogens with zero attached hydrogens (tertiary/aromatic N) is 2. The van der Waals surface area contributed by atoms with Gasteiger partial charge in [0.1, 0.15) is 0 Å². The zero-order valence-corrected chi connectivity index (χ0v) is 35.3. The van der Waals surface area contributed by atoms with Crippen LogP contribution in [0.2, 0.25) is 0 Å². The average Bonchev–Trinajstić information content (AvgIpc) is 3.81. The van der Waals surface area contributed by atoms with E-state index in [-0.39, 0.29) is 5.41 Å². The van der Waals surface area contributed by atoms with E-state index < -0.39 is 0 Å². The molecule has 0 aliphatic heterocycles. The number of anilines is 3. The van der Waals surface area contributed by atoms with Crippen molar-refractivity contribution in [1.82, 2.24) is 4.57 Å². The summed E-state index contributed by atoms with van der Waals surface area (Å²) in [4.78, 5) is 2.46. The van der Waals surface area contributed by atoms with Gasteiger partial charge in [-0.2, -0.15) is 0 Å². The molecule has 0 spiro atoms. The minimum Gasteiger partial charge on any atom is -0.310 e. The predicted octanol–water partition coefficient (Wildman–Crippen LogP) is 16.7. The number of hydrogen-bond acceptors (Lipinski definition) is 1. The van der Waals surface area contributed by atoms with Crippen LogP contribution in [0.5, 0.6) is 0 Å². The summed E-state index contributed by atoms with van der Waals surface area (Å²) in [6.07, 6.45) is 0. The fourth-order valence-corrected chi connectivity index (χ4v) is 10.5. The Hall–Kier alpha value is -7.94. The molecule has 0 N–H and O–H groups in total. The molecule has 63 heavy (non-hydrogen) atoms. The summed E-state index contributed by atoms with van der Waals surface area (Å²) in [5.74, 6) is 0. The highest BCUT2D eigenvalue weighted by Gasteiger charge is 2.37. The van der Waals surface area contributed by atoms with Gasteiger partial charge >= 0.3 is 0 Å². The predicted molar refractivity (Wildman–Crippen MR) is 267 cm³/mol. The van der Waals surface area contributed by atoms with Crippen molar-refractivity contribution in [1.29, 1.82) is 0 Å². The van der Waals surface area contributed by atoms with E-state index in [9.17, 15) is 0 Å². The van der Waals surface area contributed by atoms with E-state index in [2.05, 4.69) is 254 Å². The molecule has 11 aromatic rings. The third-order valence-electron chi connectivity index (χ3n) is 13.4. The molecule has 1 aliphatic carbocycles. The molecule has 1 heterocycles. The standard InChI is InChI=1S/C61H44N2/c1-61(2)54-31-11-8-26-52(54)59-51(30-16-32-55(59)61)50-25-9-12-33-56(50)62(45-38-36-42(37-39-45)48-28-15-19-41-18-6-7-24-47(41)48)46-23-14-20-43(40-46)49-29-17-35-58-60(49)53-27-10-13-34-57(53)63(58)44-21-4-3-5-22-44/h3-40H,1-2H3. The lowest BCUT2D eigenvalue weighted by Crippen LogP contribution is -2.14. The molecule has 0 fully saturated rings. The first-order valence-electron chi connectivity index (χ1n) is 21.9. The summed E-state index contributed by atoms with van der Waals surface area (Å²) < 4.78 is 2.40. The third-order valence-corrected chi connectivity index (χ3v) is 13.4. The van der Waals surface area contributed by atoms with Crippen LogP contribution in [0.25, 0.3) is 82.8 Å². The first kappa shape index (κ1) is 36.9. The number of para-hydroxylation sites is 3. The van der Waals surface area contributed by atoms with Crippen LogP contribution < -0.4 is 4.90 Å². The maximum Gasteiger partial charge on any atom is 0.0547 e. The molecule has 2 heteroatoms. The van der Waals surface area contributed by atoms with Crippen LogP contribution in [0.4, 0.5) is 17.1 Å². The number of hydrogen-bond donors (Lipinski definition) is 0. The van der Waals surface area contributed by atoms with E-state index in [1.54, 1.807) is 0 Å². The normalized spacial score (nSPS) is 12.7. The van der Waals surface area contributed by atoms with Crippen LogP contribution in [0.15, 0.2) is 231 Å². The first-order chi connectivity index (χ1) is 31.0. The van der Waals surface area contributed by atoms with Gasteiger partial charge in [0.25, 0.3) is 0 Å². The second-order valence-electron chi connectivity index (χ2n) is 17.3.